The van der Waals surface area contributed by atoms with Crippen LogP contribution in [0.15, 0.2) is 12.1 Å². The molecular formula is C12H14FNO5. The van der Waals surface area contributed by atoms with Crippen LogP contribution < -0.4 is 5.32 Å². The molecule has 1 rings (SSSR count). The first kappa shape index (κ1) is 14.7. The Labute approximate surface area is 108 Å². The van der Waals surface area contributed by atoms with Crippen LogP contribution in [0.2, 0.25) is 0 Å². The average molecular weight is 271 g/mol. The van der Waals surface area contributed by atoms with Crippen molar-refractivity contribution >= 4 is 17.7 Å². The molecule has 0 saturated heterocycles. The van der Waals surface area contributed by atoms with Crippen LogP contribution in [0.1, 0.15) is 31.1 Å². The number of hydrogen-bond acceptors (Lipinski definition) is 4. The molecule has 1 amide bonds. The number of nitrogens with one attached hydrogen (secondary N) is 1. The molecular weight excluding hydrogens is 257 g/mol. The molecule has 6 nitrogen and oxygen atoms in total. The highest BCUT2D eigenvalue weighted by atomic mass is 19.1. The van der Waals surface area contributed by atoms with Crippen molar-refractivity contribution in [3.8, 4) is 5.75 Å². The van der Waals surface area contributed by atoms with E-state index in [1.54, 1.807) is 20.8 Å². The average Bonchev–Trinajstić information content (AvgIpc) is 2.18. The fourth-order valence-electron chi connectivity index (χ4n) is 1.24. The highest BCUT2D eigenvalue weighted by molar-refractivity contribution is 5.93. The predicted molar refractivity (Wildman–Crippen MR) is 64.9 cm³/mol. The Kier molecular flexibility index (Phi) is 3.98. The van der Waals surface area contributed by atoms with E-state index in [1.165, 1.54) is 0 Å². The van der Waals surface area contributed by atoms with Crippen molar-refractivity contribution in [2.75, 3.05) is 5.32 Å². The Bertz CT molecular complexity index is 522. The van der Waals surface area contributed by atoms with Gasteiger partial charge in [-0.3, -0.25) is 5.32 Å². The molecule has 0 spiro atoms. The Hall–Kier alpha value is -2.31. The summed E-state index contributed by atoms with van der Waals surface area (Å²) in [6, 6.07) is 1.42. The van der Waals surface area contributed by atoms with Crippen molar-refractivity contribution in [2.45, 2.75) is 26.4 Å². The maximum atomic E-state index is 13.2. The number of aromatic hydroxyl groups is 1. The molecule has 19 heavy (non-hydrogen) atoms. The van der Waals surface area contributed by atoms with E-state index in [0.717, 1.165) is 6.07 Å². The smallest absolute Gasteiger partial charge is 0.412 e. The SMILES string of the molecule is CC(C)(C)OC(=O)Nc1cc(C(=O)O)c(F)cc1O. The number of carbonyl (C=O) groups excluding carboxylic acids is 1. The maximum Gasteiger partial charge on any atom is 0.412 e. The van der Waals surface area contributed by atoms with Crippen LogP contribution in [0.5, 0.6) is 5.75 Å². The molecule has 1 aromatic rings. The molecule has 0 radical (unpaired) electrons. The third kappa shape index (κ3) is 4.13. The lowest BCUT2D eigenvalue weighted by atomic mass is 10.1. The molecule has 0 aliphatic rings. The van der Waals surface area contributed by atoms with E-state index in [4.69, 9.17) is 9.84 Å². The van der Waals surface area contributed by atoms with Crippen LogP contribution >= 0.6 is 0 Å². The highest BCUT2D eigenvalue weighted by Gasteiger charge is 2.19. The molecule has 0 fully saturated rings. The number of rotatable bonds is 2. The number of halogens is 1. The third-order valence-electron chi connectivity index (χ3n) is 1.95. The van der Waals surface area contributed by atoms with Gasteiger partial charge in [0.15, 0.2) is 0 Å². The summed E-state index contributed by atoms with van der Waals surface area (Å²) in [4.78, 5) is 22.2. The van der Waals surface area contributed by atoms with E-state index < -0.39 is 34.8 Å². The molecule has 1 aromatic carbocycles. The summed E-state index contributed by atoms with van der Waals surface area (Å²) in [6.07, 6.45) is -0.884. The van der Waals surface area contributed by atoms with E-state index in [-0.39, 0.29) is 5.69 Å². The molecule has 0 aromatic heterocycles. The van der Waals surface area contributed by atoms with Crippen molar-refractivity contribution in [2.24, 2.45) is 0 Å². The summed E-state index contributed by atoms with van der Waals surface area (Å²) in [5.41, 5.74) is -1.66. The Morgan fingerprint density at radius 1 is 1.32 bits per heavy atom. The lowest BCUT2D eigenvalue weighted by Gasteiger charge is -2.20. The summed E-state index contributed by atoms with van der Waals surface area (Å²) in [6.45, 7) is 4.92. The quantitative estimate of drug-likeness (QED) is 0.718. The van der Waals surface area contributed by atoms with Gasteiger partial charge in [0, 0.05) is 6.07 Å². The normalized spacial score (nSPS) is 10.9. The molecule has 0 aliphatic heterocycles. The van der Waals surface area contributed by atoms with Gasteiger partial charge in [0.1, 0.15) is 17.2 Å². The van der Waals surface area contributed by atoms with Crippen molar-refractivity contribution in [1.29, 1.82) is 0 Å². The third-order valence-corrected chi connectivity index (χ3v) is 1.95. The topological polar surface area (TPSA) is 95.9 Å². The Balaban J connectivity index is 2.99. The zero-order chi connectivity index (χ0) is 14.8. The number of carboxylic acid groups (broad SMARTS) is 1. The van der Waals surface area contributed by atoms with Crippen LogP contribution in [-0.4, -0.2) is 27.9 Å². The van der Waals surface area contributed by atoms with Gasteiger partial charge in [-0.2, -0.15) is 0 Å². The van der Waals surface area contributed by atoms with Gasteiger partial charge in [0.25, 0.3) is 0 Å². The van der Waals surface area contributed by atoms with Crippen LogP contribution in [0, 0.1) is 5.82 Å². The summed E-state index contributed by atoms with van der Waals surface area (Å²) < 4.78 is 18.1. The fourth-order valence-corrected chi connectivity index (χ4v) is 1.24. The number of hydrogen-bond donors (Lipinski definition) is 3. The van der Waals surface area contributed by atoms with E-state index in [9.17, 15) is 19.1 Å². The molecule has 0 atom stereocenters. The second kappa shape index (κ2) is 5.13. The second-order valence-corrected chi connectivity index (χ2v) is 4.78. The van der Waals surface area contributed by atoms with E-state index in [1.807, 2.05) is 0 Å². The van der Waals surface area contributed by atoms with E-state index in [2.05, 4.69) is 5.32 Å². The van der Waals surface area contributed by atoms with Crippen molar-refractivity contribution < 1.29 is 28.9 Å². The van der Waals surface area contributed by atoms with Crippen LogP contribution in [0.3, 0.4) is 0 Å². The number of amides is 1. The number of ether oxygens (including phenoxy) is 1. The molecule has 0 heterocycles. The zero-order valence-corrected chi connectivity index (χ0v) is 10.7. The first-order valence-electron chi connectivity index (χ1n) is 5.36. The number of carboxylic acids is 1. The standard InChI is InChI=1S/C12H14FNO5/c1-12(2,3)19-11(18)14-8-4-6(10(16)17)7(13)5-9(8)15/h4-5,15H,1-3H3,(H,14,18)(H,16,17). The van der Waals surface area contributed by atoms with Crippen LogP contribution in [0.25, 0.3) is 0 Å². The van der Waals surface area contributed by atoms with Gasteiger partial charge in [-0.15, -0.1) is 0 Å². The minimum absolute atomic E-state index is 0.243. The molecule has 0 bridgehead atoms. The number of phenols is 1. The largest absolute Gasteiger partial charge is 0.506 e. The van der Waals surface area contributed by atoms with Gasteiger partial charge < -0.3 is 14.9 Å². The lowest BCUT2D eigenvalue weighted by molar-refractivity contribution is 0.0631. The Morgan fingerprint density at radius 3 is 2.37 bits per heavy atom. The van der Waals surface area contributed by atoms with Crippen LogP contribution in [-0.2, 0) is 4.74 Å². The van der Waals surface area contributed by atoms with Crippen molar-refractivity contribution in [3.63, 3.8) is 0 Å². The van der Waals surface area contributed by atoms with Gasteiger partial charge in [0.2, 0.25) is 0 Å². The maximum absolute atomic E-state index is 13.2. The summed E-state index contributed by atoms with van der Waals surface area (Å²) in [5.74, 6) is -3.20. The molecule has 104 valence electrons. The van der Waals surface area contributed by atoms with Gasteiger partial charge >= 0.3 is 12.1 Å². The lowest BCUT2D eigenvalue weighted by Crippen LogP contribution is -2.27. The number of benzene rings is 1. The zero-order valence-electron chi connectivity index (χ0n) is 10.7. The molecule has 0 saturated carbocycles. The highest BCUT2D eigenvalue weighted by Crippen LogP contribution is 2.27. The van der Waals surface area contributed by atoms with Gasteiger partial charge in [-0.25, -0.2) is 14.0 Å². The first-order valence-corrected chi connectivity index (χ1v) is 5.36. The predicted octanol–water partition coefficient (Wildman–Crippen LogP) is 2.58. The van der Waals surface area contributed by atoms with E-state index >= 15 is 0 Å². The molecule has 7 heteroatoms. The van der Waals surface area contributed by atoms with Crippen molar-refractivity contribution in [3.05, 3.63) is 23.5 Å². The van der Waals surface area contributed by atoms with Crippen LogP contribution in [0.4, 0.5) is 14.9 Å². The first-order chi connectivity index (χ1) is 8.60. The molecule has 3 N–H and O–H groups in total. The monoisotopic (exact) mass is 271 g/mol. The number of carbonyl (C=O) groups is 2. The summed E-state index contributed by atoms with van der Waals surface area (Å²) in [5, 5.41) is 20.3. The Morgan fingerprint density at radius 2 is 1.89 bits per heavy atom. The number of aromatic carboxylic acids is 1. The minimum atomic E-state index is -1.51. The fraction of sp³-hybridized carbons (Fsp3) is 0.333. The minimum Gasteiger partial charge on any atom is -0.506 e. The summed E-state index contributed by atoms with van der Waals surface area (Å²) >= 11 is 0. The second-order valence-electron chi connectivity index (χ2n) is 4.78. The van der Waals surface area contributed by atoms with E-state index in [0.29, 0.717) is 6.07 Å². The molecule has 0 aliphatic carbocycles. The van der Waals surface area contributed by atoms with Gasteiger partial charge in [0.05, 0.1) is 11.3 Å². The summed E-state index contributed by atoms with van der Waals surface area (Å²) in [7, 11) is 0. The number of phenolic OH excluding ortho intramolecular Hbond substituents is 1. The van der Waals surface area contributed by atoms with Gasteiger partial charge in [-0.05, 0) is 26.8 Å². The van der Waals surface area contributed by atoms with Crippen molar-refractivity contribution in [1.82, 2.24) is 0 Å². The number of anilines is 1. The van der Waals surface area contributed by atoms with Gasteiger partial charge in [-0.1, -0.05) is 0 Å². The molecule has 0 unspecified atom stereocenters.